The molecule has 0 atom stereocenters. The van der Waals surface area contributed by atoms with E-state index < -0.39 is 11.7 Å². The molecule has 1 saturated heterocycles. The Hall–Kier alpha value is -1.03. The van der Waals surface area contributed by atoms with Gasteiger partial charge >= 0.3 is 6.18 Å². The highest BCUT2D eigenvalue weighted by Gasteiger charge is 2.33. The third kappa shape index (κ3) is 2.38. The Morgan fingerprint density at radius 1 is 1.19 bits per heavy atom. The lowest BCUT2D eigenvalue weighted by molar-refractivity contribution is -0.137. The largest absolute Gasteiger partial charge is 0.416 e. The Labute approximate surface area is 92.7 Å². The Kier molecular flexibility index (Phi) is 2.70. The first-order valence-electron chi connectivity index (χ1n) is 5.26. The second kappa shape index (κ2) is 3.77. The summed E-state index contributed by atoms with van der Waals surface area (Å²) in [7, 11) is 0. The zero-order chi connectivity index (χ0) is 11.8. The van der Waals surface area contributed by atoms with E-state index in [4.69, 9.17) is 0 Å². The SMILES string of the molecule is CC1(Cc2ccc(C(F)(F)F)cc2)CNC1. The van der Waals surface area contributed by atoms with Crippen molar-refractivity contribution < 1.29 is 13.2 Å². The predicted octanol–water partition coefficient (Wildman–Crippen LogP) is 2.86. The van der Waals surface area contributed by atoms with Crippen molar-refractivity contribution in [1.29, 1.82) is 0 Å². The summed E-state index contributed by atoms with van der Waals surface area (Å²) in [4.78, 5) is 0. The van der Waals surface area contributed by atoms with Crippen molar-refractivity contribution in [1.82, 2.24) is 5.32 Å². The van der Waals surface area contributed by atoms with Crippen molar-refractivity contribution in [3.63, 3.8) is 0 Å². The number of halogens is 3. The maximum Gasteiger partial charge on any atom is 0.416 e. The van der Waals surface area contributed by atoms with Crippen LogP contribution in [0, 0.1) is 5.41 Å². The minimum Gasteiger partial charge on any atom is -0.316 e. The van der Waals surface area contributed by atoms with Gasteiger partial charge in [0.1, 0.15) is 0 Å². The lowest BCUT2D eigenvalue weighted by Gasteiger charge is -2.39. The summed E-state index contributed by atoms with van der Waals surface area (Å²) < 4.78 is 37.0. The quantitative estimate of drug-likeness (QED) is 0.822. The summed E-state index contributed by atoms with van der Waals surface area (Å²) in [6.45, 7) is 4.02. The van der Waals surface area contributed by atoms with Crippen LogP contribution in [0.5, 0.6) is 0 Å². The van der Waals surface area contributed by atoms with Crippen LogP contribution in [0.2, 0.25) is 0 Å². The maximum absolute atomic E-state index is 12.3. The van der Waals surface area contributed by atoms with Gasteiger partial charge in [0.2, 0.25) is 0 Å². The third-order valence-electron chi connectivity index (χ3n) is 3.02. The van der Waals surface area contributed by atoms with Crippen LogP contribution in [-0.4, -0.2) is 13.1 Å². The third-order valence-corrected chi connectivity index (χ3v) is 3.02. The molecule has 0 saturated carbocycles. The van der Waals surface area contributed by atoms with Crippen LogP contribution in [0.4, 0.5) is 13.2 Å². The summed E-state index contributed by atoms with van der Waals surface area (Å²) in [6, 6.07) is 5.47. The summed E-state index contributed by atoms with van der Waals surface area (Å²) in [6.07, 6.45) is -3.40. The minimum atomic E-state index is -4.24. The van der Waals surface area contributed by atoms with E-state index in [2.05, 4.69) is 12.2 Å². The molecular formula is C12H14F3N. The first-order chi connectivity index (χ1) is 7.39. The highest BCUT2D eigenvalue weighted by Crippen LogP contribution is 2.31. The molecule has 0 aliphatic carbocycles. The lowest BCUT2D eigenvalue weighted by Crippen LogP contribution is -2.52. The van der Waals surface area contributed by atoms with Crippen LogP contribution in [0.25, 0.3) is 0 Å². The van der Waals surface area contributed by atoms with Crippen molar-refractivity contribution in [3.05, 3.63) is 35.4 Å². The molecule has 0 amide bonds. The first-order valence-corrected chi connectivity index (χ1v) is 5.26. The van der Waals surface area contributed by atoms with Crippen LogP contribution in [0.15, 0.2) is 24.3 Å². The smallest absolute Gasteiger partial charge is 0.316 e. The Balaban J connectivity index is 2.08. The van der Waals surface area contributed by atoms with E-state index in [1.165, 1.54) is 0 Å². The Morgan fingerprint density at radius 3 is 2.12 bits per heavy atom. The van der Waals surface area contributed by atoms with Crippen LogP contribution >= 0.6 is 0 Å². The van der Waals surface area contributed by atoms with E-state index in [0.29, 0.717) is 0 Å². The van der Waals surface area contributed by atoms with Crippen molar-refractivity contribution in [2.24, 2.45) is 5.41 Å². The van der Waals surface area contributed by atoms with Gasteiger partial charge in [-0.15, -0.1) is 0 Å². The number of benzene rings is 1. The summed E-state index contributed by atoms with van der Waals surface area (Å²) in [5.41, 5.74) is 0.602. The molecule has 16 heavy (non-hydrogen) atoms. The molecule has 0 bridgehead atoms. The normalized spacial score (nSPS) is 19.2. The molecule has 1 nitrogen and oxygen atoms in total. The lowest BCUT2D eigenvalue weighted by atomic mass is 9.78. The van der Waals surface area contributed by atoms with Gasteiger partial charge in [0.25, 0.3) is 0 Å². The van der Waals surface area contributed by atoms with Gasteiger partial charge < -0.3 is 5.32 Å². The molecule has 0 spiro atoms. The van der Waals surface area contributed by atoms with Crippen molar-refractivity contribution in [3.8, 4) is 0 Å². The molecule has 1 N–H and O–H groups in total. The van der Waals surface area contributed by atoms with Crippen LogP contribution in [-0.2, 0) is 12.6 Å². The molecule has 2 rings (SSSR count). The molecule has 1 aliphatic heterocycles. The zero-order valence-electron chi connectivity index (χ0n) is 9.06. The number of rotatable bonds is 2. The van der Waals surface area contributed by atoms with Gasteiger partial charge in [-0.3, -0.25) is 0 Å². The number of hydrogen-bond donors (Lipinski definition) is 1. The van der Waals surface area contributed by atoms with Crippen LogP contribution < -0.4 is 5.32 Å². The van der Waals surface area contributed by atoms with Crippen molar-refractivity contribution in [2.75, 3.05) is 13.1 Å². The van der Waals surface area contributed by atoms with E-state index in [9.17, 15) is 13.2 Å². The molecule has 4 heteroatoms. The molecule has 1 aromatic carbocycles. The molecule has 1 heterocycles. The van der Waals surface area contributed by atoms with Gasteiger partial charge in [-0.25, -0.2) is 0 Å². The zero-order valence-corrected chi connectivity index (χ0v) is 9.06. The molecule has 1 fully saturated rings. The van der Waals surface area contributed by atoms with Gasteiger partial charge in [0.15, 0.2) is 0 Å². The average Bonchev–Trinajstić information content (AvgIpc) is 2.15. The first kappa shape index (κ1) is 11.5. The predicted molar refractivity (Wildman–Crippen MR) is 56.1 cm³/mol. The molecule has 0 radical (unpaired) electrons. The van der Waals surface area contributed by atoms with Crippen molar-refractivity contribution in [2.45, 2.75) is 19.5 Å². The van der Waals surface area contributed by atoms with Crippen LogP contribution in [0.3, 0.4) is 0 Å². The molecule has 0 unspecified atom stereocenters. The van der Waals surface area contributed by atoms with Gasteiger partial charge in [0, 0.05) is 13.1 Å². The summed E-state index contributed by atoms with van der Waals surface area (Å²) in [5, 5.41) is 3.18. The Bertz CT molecular complexity index is 363. The molecule has 1 aliphatic rings. The minimum absolute atomic E-state index is 0.208. The van der Waals surface area contributed by atoms with E-state index >= 15 is 0 Å². The highest BCUT2D eigenvalue weighted by molar-refractivity contribution is 5.25. The molecule has 1 aromatic rings. The number of alkyl halides is 3. The second-order valence-corrected chi connectivity index (χ2v) is 4.79. The fourth-order valence-corrected chi connectivity index (χ4v) is 1.98. The van der Waals surface area contributed by atoms with Gasteiger partial charge in [-0.05, 0) is 29.5 Å². The number of hydrogen-bond acceptors (Lipinski definition) is 1. The van der Waals surface area contributed by atoms with Crippen LogP contribution in [0.1, 0.15) is 18.1 Å². The fourth-order valence-electron chi connectivity index (χ4n) is 1.98. The van der Waals surface area contributed by atoms with Gasteiger partial charge in [-0.2, -0.15) is 13.2 Å². The molecule has 88 valence electrons. The second-order valence-electron chi connectivity index (χ2n) is 4.79. The Morgan fingerprint density at radius 2 is 1.75 bits per heavy atom. The summed E-state index contributed by atoms with van der Waals surface area (Å²) >= 11 is 0. The highest BCUT2D eigenvalue weighted by atomic mass is 19.4. The maximum atomic E-state index is 12.3. The van der Waals surface area contributed by atoms with Crippen molar-refractivity contribution >= 4 is 0 Å². The van der Waals surface area contributed by atoms with Gasteiger partial charge in [-0.1, -0.05) is 19.1 Å². The summed E-state index contributed by atoms with van der Waals surface area (Å²) in [5.74, 6) is 0. The topological polar surface area (TPSA) is 12.0 Å². The molecular weight excluding hydrogens is 215 g/mol. The number of nitrogens with one attached hydrogen (secondary N) is 1. The van der Waals surface area contributed by atoms with E-state index in [1.54, 1.807) is 12.1 Å². The monoisotopic (exact) mass is 229 g/mol. The fraction of sp³-hybridized carbons (Fsp3) is 0.500. The molecule has 0 aromatic heterocycles. The van der Waals surface area contributed by atoms with E-state index in [1.807, 2.05) is 0 Å². The van der Waals surface area contributed by atoms with E-state index in [0.717, 1.165) is 37.2 Å². The average molecular weight is 229 g/mol. The standard InChI is InChI=1S/C12H14F3N/c1-11(7-16-8-11)6-9-2-4-10(5-3-9)12(13,14)15/h2-5,16H,6-8H2,1H3. The van der Waals surface area contributed by atoms with Gasteiger partial charge in [0.05, 0.1) is 5.56 Å². The van der Waals surface area contributed by atoms with E-state index in [-0.39, 0.29) is 5.41 Å².